The predicted molar refractivity (Wildman–Crippen MR) is 143 cm³/mol. The second-order valence-electron chi connectivity index (χ2n) is 9.12. The van der Waals surface area contributed by atoms with Crippen LogP contribution in [0.15, 0.2) is 65.8 Å². The van der Waals surface area contributed by atoms with E-state index >= 15 is 0 Å². The lowest BCUT2D eigenvalue weighted by molar-refractivity contribution is 0.0695. The zero-order valence-corrected chi connectivity index (χ0v) is 20.9. The minimum absolute atomic E-state index is 0.0217. The second kappa shape index (κ2) is 8.80. The van der Waals surface area contributed by atoms with Crippen molar-refractivity contribution in [1.82, 2.24) is 33.9 Å². The van der Waals surface area contributed by atoms with Gasteiger partial charge in [0.2, 0.25) is 0 Å². The molecule has 2 aromatic carbocycles. The number of rotatable bonds is 5. The van der Waals surface area contributed by atoms with E-state index in [1.807, 2.05) is 43.3 Å². The number of carbonyl (C=O) groups is 1. The number of benzene rings is 2. The number of aromatic nitrogens is 7. The molecule has 0 aliphatic heterocycles. The molecule has 6 aromatic rings. The van der Waals surface area contributed by atoms with Gasteiger partial charge in [-0.25, -0.2) is 24.0 Å². The van der Waals surface area contributed by atoms with Gasteiger partial charge in [-0.05, 0) is 55.3 Å². The number of carboxylic acid groups (broad SMARTS) is 1. The summed E-state index contributed by atoms with van der Waals surface area (Å²) in [5.74, 6) is -0.921. The first-order chi connectivity index (χ1) is 18.7. The molecule has 12 heteroatoms. The van der Waals surface area contributed by atoms with Crippen LogP contribution in [-0.4, -0.2) is 50.1 Å². The van der Waals surface area contributed by atoms with E-state index < -0.39 is 5.97 Å². The highest BCUT2D eigenvalue weighted by molar-refractivity contribution is 6.01. The molecule has 0 spiro atoms. The van der Waals surface area contributed by atoms with Crippen LogP contribution >= 0.6 is 0 Å². The number of para-hydroxylation sites is 1. The van der Waals surface area contributed by atoms with Crippen molar-refractivity contribution >= 4 is 28.3 Å². The number of fused-ring (bicyclic) bond motifs is 2. The fourth-order valence-electron chi connectivity index (χ4n) is 4.83. The Balaban J connectivity index is 1.61. The molecule has 6 rings (SSSR count). The summed E-state index contributed by atoms with van der Waals surface area (Å²) in [6, 6.07) is 13.6. The third-order valence-corrected chi connectivity index (χ3v) is 6.70. The smallest absolute Gasteiger partial charge is 0.336 e. The van der Waals surface area contributed by atoms with Crippen LogP contribution in [0.25, 0.3) is 33.5 Å². The Hall–Kier alpha value is -5.52. The second-order valence-corrected chi connectivity index (χ2v) is 9.12. The molecule has 0 aliphatic carbocycles. The Labute approximate surface area is 220 Å². The average Bonchev–Trinajstić information content (AvgIpc) is 3.47. The van der Waals surface area contributed by atoms with Crippen LogP contribution in [0.5, 0.6) is 5.75 Å². The first-order valence-electron chi connectivity index (χ1n) is 11.9. The van der Waals surface area contributed by atoms with Crippen molar-refractivity contribution in [3.05, 3.63) is 93.9 Å². The van der Waals surface area contributed by atoms with E-state index in [2.05, 4.69) is 9.97 Å². The molecule has 12 nitrogen and oxygen atoms in total. The van der Waals surface area contributed by atoms with E-state index in [4.69, 9.17) is 15.9 Å². The molecule has 0 saturated heterocycles. The van der Waals surface area contributed by atoms with Crippen LogP contribution in [0.4, 0.5) is 5.82 Å². The molecule has 0 amide bonds. The highest BCUT2D eigenvalue weighted by Gasteiger charge is 2.23. The van der Waals surface area contributed by atoms with E-state index in [1.54, 1.807) is 17.6 Å². The van der Waals surface area contributed by atoms with Gasteiger partial charge in [0.05, 0.1) is 16.6 Å². The Bertz CT molecular complexity index is 1990. The van der Waals surface area contributed by atoms with E-state index in [9.17, 15) is 19.8 Å². The van der Waals surface area contributed by atoms with Crippen molar-refractivity contribution in [1.29, 1.82) is 0 Å². The number of nitrogens with two attached hydrogens (primary N) is 1. The first kappa shape index (κ1) is 23.9. The summed E-state index contributed by atoms with van der Waals surface area (Å²) in [5.41, 5.74) is 9.23. The lowest BCUT2D eigenvalue weighted by Gasteiger charge is -2.13. The summed E-state index contributed by atoms with van der Waals surface area (Å²) in [4.78, 5) is 34.0. The van der Waals surface area contributed by atoms with Crippen molar-refractivity contribution in [3.8, 4) is 22.7 Å². The van der Waals surface area contributed by atoms with Crippen LogP contribution in [0, 0.1) is 13.8 Å². The van der Waals surface area contributed by atoms with Gasteiger partial charge in [-0.15, -0.1) is 0 Å². The van der Waals surface area contributed by atoms with E-state index in [0.29, 0.717) is 44.9 Å². The zero-order chi connectivity index (χ0) is 27.4. The number of hydrogen-bond donors (Lipinski definition) is 3. The predicted octanol–water partition coefficient (Wildman–Crippen LogP) is 2.94. The SMILES string of the molecule is Cc1c(C(=O)O)cc(O)cc1-c1nn(Cc2nn3ccc(C)c3c(=O)n2-c2ccccc2)c2ncnc(N)c12. The monoisotopic (exact) mass is 522 g/mol. The molecule has 4 heterocycles. The van der Waals surface area contributed by atoms with Crippen LogP contribution in [0.3, 0.4) is 0 Å². The number of phenolic OH excluding ortho intramolecular Hbond substituents is 1. The fraction of sp³-hybridized carbons (Fsp3) is 0.111. The topological polar surface area (TPSA) is 166 Å². The number of carboxylic acids is 1. The van der Waals surface area contributed by atoms with Gasteiger partial charge in [-0.1, -0.05) is 18.2 Å². The molecule has 194 valence electrons. The number of phenols is 1. The van der Waals surface area contributed by atoms with Gasteiger partial charge in [0.1, 0.15) is 35.7 Å². The number of hydrogen-bond acceptors (Lipinski definition) is 8. The summed E-state index contributed by atoms with van der Waals surface area (Å²) in [6.07, 6.45) is 3.02. The van der Waals surface area contributed by atoms with E-state index in [-0.39, 0.29) is 29.2 Å². The van der Waals surface area contributed by atoms with Crippen molar-refractivity contribution < 1.29 is 15.0 Å². The number of aromatic hydroxyl groups is 1. The Morgan fingerprint density at radius 3 is 2.56 bits per heavy atom. The maximum atomic E-state index is 13.7. The number of aromatic carboxylic acids is 1. The summed E-state index contributed by atoms with van der Waals surface area (Å²) in [5, 5.41) is 29.8. The van der Waals surface area contributed by atoms with Crippen LogP contribution in [0.1, 0.15) is 27.3 Å². The molecule has 0 fully saturated rings. The number of anilines is 1. The molecule has 0 aliphatic rings. The number of nitrogens with zero attached hydrogens (tertiary/aromatic N) is 7. The molecule has 0 unspecified atom stereocenters. The van der Waals surface area contributed by atoms with Gasteiger partial charge in [0.25, 0.3) is 5.56 Å². The van der Waals surface area contributed by atoms with Crippen molar-refractivity contribution in [3.63, 3.8) is 0 Å². The molecule has 4 aromatic heterocycles. The van der Waals surface area contributed by atoms with Crippen LogP contribution in [-0.2, 0) is 6.54 Å². The number of nitrogen functional groups attached to an aromatic ring is 1. The lowest BCUT2D eigenvalue weighted by Crippen LogP contribution is -2.28. The summed E-state index contributed by atoms with van der Waals surface area (Å²) < 4.78 is 4.61. The molecule has 4 N–H and O–H groups in total. The van der Waals surface area contributed by atoms with Gasteiger partial charge in [-0.3, -0.25) is 9.36 Å². The van der Waals surface area contributed by atoms with E-state index in [1.165, 1.54) is 27.7 Å². The minimum atomic E-state index is -1.19. The summed E-state index contributed by atoms with van der Waals surface area (Å²) >= 11 is 0. The average molecular weight is 523 g/mol. The maximum Gasteiger partial charge on any atom is 0.336 e. The highest BCUT2D eigenvalue weighted by Crippen LogP contribution is 2.35. The Kier molecular flexibility index (Phi) is 5.38. The minimum Gasteiger partial charge on any atom is -0.508 e. The van der Waals surface area contributed by atoms with Crippen LogP contribution in [0.2, 0.25) is 0 Å². The Morgan fingerprint density at radius 1 is 1.05 bits per heavy atom. The van der Waals surface area contributed by atoms with Crippen molar-refractivity contribution in [2.45, 2.75) is 20.4 Å². The maximum absolute atomic E-state index is 13.7. The van der Waals surface area contributed by atoms with Crippen LogP contribution < -0.4 is 11.3 Å². The molecule has 0 saturated carbocycles. The lowest BCUT2D eigenvalue weighted by atomic mass is 9.98. The van der Waals surface area contributed by atoms with Gasteiger partial charge in [0.15, 0.2) is 11.5 Å². The molecule has 0 atom stereocenters. The standard InChI is InChI=1S/C27H22N8O4/c1-14-8-9-33-23(14)26(37)35(16-6-4-3-5-7-16)20(31-33)12-34-25-21(24(28)29-13-30-25)22(32-34)18-10-17(36)11-19(15(18)2)27(38)39/h3-11,13,36H,12H2,1-2H3,(H,38,39)(H2,28,29,30). The first-order valence-corrected chi connectivity index (χ1v) is 11.9. The number of aryl methyl sites for hydroxylation is 1. The summed E-state index contributed by atoms with van der Waals surface area (Å²) in [7, 11) is 0. The Morgan fingerprint density at radius 2 is 1.82 bits per heavy atom. The van der Waals surface area contributed by atoms with Crippen molar-refractivity contribution in [2.75, 3.05) is 5.73 Å². The third-order valence-electron chi connectivity index (χ3n) is 6.70. The van der Waals surface area contributed by atoms with Crippen molar-refractivity contribution in [2.24, 2.45) is 0 Å². The zero-order valence-electron chi connectivity index (χ0n) is 20.9. The molecule has 0 bridgehead atoms. The summed E-state index contributed by atoms with van der Waals surface area (Å²) in [6.45, 7) is 3.50. The molecular weight excluding hydrogens is 500 g/mol. The largest absolute Gasteiger partial charge is 0.508 e. The molecular formula is C27H22N8O4. The van der Waals surface area contributed by atoms with Gasteiger partial charge in [0, 0.05) is 11.8 Å². The molecule has 0 radical (unpaired) electrons. The molecule has 39 heavy (non-hydrogen) atoms. The van der Waals surface area contributed by atoms with Gasteiger partial charge >= 0.3 is 5.97 Å². The third kappa shape index (κ3) is 3.77. The highest BCUT2D eigenvalue weighted by atomic mass is 16.4. The quantitative estimate of drug-likeness (QED) is 0.308. The fourth-order valence-corrected chi connectivity index (χ4v) is 4.83. The van der Waals surface area contributed by atoms with Gasteiger partial charge < -0.3 is 15.9 Å². The normalized spacial score (nSPS) is 11.4. The van der Waals surface area contributed by atoms with Gasteiger partial charge in [-0.2, -0.15) is 10.2 Å². The van der Waals surface area contributed by atoms with E-state index in [0.717, 1.165) is 5.56 Å².